The number of carboxylic acid groups (broad SMARTS) is 1. The second-order valence-corrected chi connectivity index (χ2v) is 7.49. The topological polar surface area (TPSA) is 109 Å². The molecule has 3 N–H and O–H groups in total. The summed E-state index contributed by atoms with van der Waals surface area (Å²) < 4.78 is 5.08. The number of hydrogen-bond donors (Lipinski definition) is 3. The molecular weight excluding hydrogens is 360 g/mol. The fourth-order valence-corrected chi connectivity index (χ4v) is 3.43. The molecule has 7 heteroatoms. The SMILES string of the molecule is Cc1ccc(C(=O)NC2(C(=O)O)CCC(C)CC2)cc1NC(=O)c1ccco1. The highest BCUT2D eigenvalue weighted by molar-refractivity contribution is 6.04. The van der Waals surface area contributed by atoms with E-state index >= 15 is 0 Å². The Hall–Kier alpha value is -3.09. The number of aliphatic carboxylic acids is 1. The third-order valence-corrected chi connectivity index (χ3v) is 5.38. The fourth-order valence-electron chi connectivity index (χ4n) is 3.43. The van der Waals surface area contributed by atoms with Crippen LogP contribution in [-0.2, 0) is 4.79 Å². The number of aryl methyl sites for hydroxylation is 1. The van der Waals surface area contributed by atoms with Crippen LogP contribution in [0.5, 0.6) is 0 Å². The zero-order valence-corrected chi connectivity index (χ0v) is 16.0. The van der Waals surface area contributed by atoms with E-state index in [2.05, 4.69) is 17.6 Å². The average molecular weight is 384 g/mol. The number of nitrogens with one attached hydrogen (secondary N) is 2. The van der Waals surface area contributed by atoms with E-state index in [0.29, 0.717) is 30.0 Å². The average Bonchev–Trinajstić information content (AvgIpc) is 3.20. The van der Waals surface area contributed by atoms with Crippen molar-refractivity contribution < 1.29 is 23.9 Å². The maximum absolute atomic E-state index is 12.8. The Kier molecular flexibility index (Phi) is 5.53. The lowest BCUT2D eigenvalue weighted by Gasteiger charge is -2.36. The van der Waals surface area contributed by atoms with Gasteiger partial charge in [0.05, 0.1) is 6.26 Å². The fraction of sp³-hybridized carbons (Fsp3) is 0.381. The van der Waals surface area contributed by atoms with Gasteiger partial charge in [0, 0.05) is 11.3 Å². The van der Waals surface area contributed by atoms with Gasteiger partial charge in [0.15, 0.2) is 5.76 Å². The highest BCUT2D eigenvalue weighted by Gasteiger charge is 2.42. The summed E-state index contributed by atoms with van der Waals surface area (Å²) in [4.78, 5) is 36.9. The molecule has 1 aliphatic carbocycles. The molecule has 1 heterocycles. The quantitative estimate of drug-likeness (QED) is 0.730. The molecule has 0 radical (unpaired) electrons. The van der Waals surface area contributed by atoms with Crippen molar-refractivity contribution in [2.45, 2.75) is 45.1 Å². The van der Waals surface area contributed by atoms with Gasteiger partial charge in [-0.1, -0.05) is 13.0 Å². The van der Waals surface area contributed by atoms with E-state index in [-0.39, 0.29) is 5.76 Å². The summed E-state index contributed by atoms with van der Waals surface area (Å²) in [6, 6.07) is 8.04. The van der Waals surface area contributed by atoms with Gasteiger partial charge in [-0.2, -0.15) is 0 Å². The summed E-state index contributed by atoms with van der Waals surface area (Å²) in [6.07, 6.45) is 3.73. The molecule has 0 unspecified atom stereocenters. The number of rotatable bonds is 5. The lowest BCUT2D eigenvalue weighted by Crippen LogP contribution is -2.56. The number of amides is 2. The van der Waals surface area contributed by atoms with Crippen LogP contribution >= 0.6 is 0 Å². The van der Waals surface area contributed by atoms with Crippen molar-refractivity contribution in [3.8, 4) is 0 Å². The number of carbonyl (C=O) groups is 3. The van der Waals surface area contributed by atoms with Gasteiger partial charge in [-0.25, -0.2) is 4.79 Å². The highest BCUT2D eigenvalue weighted by atomic mass is 16.4. The maximum Gasteiger partial charge on any atom is 0.329 e. The predicted molar refractivity (Wildman–Crippen MR) is 103 cm³/mol. The first-order valence-electron chi connectivity index (χ1n) is 9.32. The minimum Gasteiger partial charge on any atom is -0.480 e. The molecule has 0 spiro atoms. The first-order valence-corrected chi connectivity index (χ1v) is 9.32. The van der Waals surface area contributed by atoms with Crippen LogP contribution in [0.2, 0.25) is 0 Å². The lowest BCUT2D eigenvalue weighted by atomic mass is 9.77. The molecule has 148 valence electrons. The van der Waals surface area contributed by atoms with Gasteiger partial charge in [-0.05, 0) is 68.4 Å². The Bertz CT molecular complexity index is 880. The van der Waals surface area contributed by atoms with Crippen molar-refractivity contribution >= 4 is 23.5 Å². The van der Waals surface area contributed by atoms with Crippen molar-refractivity contribution in [2.75, 3.05) is 5.32 Å². The second-order valence-electron chi connectivity index (χ2n) is 7.49. The zero-order chi connectivity index (χ0) is 20.3. The van der Waals surface area contributed by atoms with Crippen LogP contribution in [0.15, 0.2) is 41.0 Å². The van der Waals surface area contributed by atoms with Crippen LogP contribution in [0.4, 0.5) is 5.69 Å². The normalized spacial score (nSPS) is 21.7. The Labute approximate surface area is 163 Å². The van der Waals surface area contributed by atoms with Crippen LogP contribution in [0.3, 0.4) is 0 Å². The van der Waals surface area contributed by atoms with E-state index in [9.17, 15) is 19.5 Å². The molecule has 0 aliphatic heterocycles. The third kappa shape index (κ3) is 4.08. The molecule has 1 saturated carbocycles. The Balaban J connectivity index is 1.78. The summed E-state index contributed by atoms with van der Waals surface area (Å²) in [5.74, 6) is -1.28. The van der Waals surface area contributed by atoms with Crippen LogP contribution in [0.1, 0.15) is 59.1 Å². The van der Waals surface area contributed by atoms with Crippen LogP contribution in [-0.4, -0.2) is 28.4 Å². The van der Waals surface area contributed by atoms with Gasteiger partial charge in [0.2, 0.25) is 0 Å². The van der Waals surface area contributed by atoms with Gasteiger partial charge in [-0.3, -0.25) is 9.59 Å². The Morgan fingerprint density at radius 2 is 1.86 bits per heavy atom. The molecule has 28 heavy (non-hydrogen) atoms. The number of furan rings is 1. The molecule has 0 bridgehead atoms. The summed E-state index contributed by atoms with van der Waals surface area (Å²) >= 11 is 0. The first kappa shape index (κ1) is 19.7. The minimum absolute atomic E-state index is 0.162. The summed E-state index contributed by atoms with van der Waals surface area (Å²) in [7, 11) is 0. The number of hydrogen-bond acceptors (Lipinski definition) is 4. The van der Waals surface area contributed by atoms with E-state index in [1.165, 1.54) is 6.26 Å². The van der Waals surface area contributed by atoms with Gasteiger partial charge in [0.1, 0.15) is 5.54 Å². The van der Waals surface area contributed by atoms with Crippen molar-refractivity contribution in [3.05, 3.63) is 53.5 Å². The lowest BCUT2D eigenvalue weighted by molar-refractivity contribution is -0.146. The van der Waals surface area contributed by atoms with Crippen molar-refractivity contribution in [3.63, 3.8) is 0 Å². The first-order chi connectivity index (χ1) is 13.3. The second kappa shape index (κ2) is 7.88. The molecule has 1 fully saturated rings. The number of carboxylic acids is 1. The van der Waals surface area contributed by atoms with Crippen LogP contribution < -0.4 is 10.6 Å². The van der Waals surface area contributed by atoms with Crippen LogP contribution in [0.25, 0.3) is 0 Å². The van der Waals surface area contributed by atoms with Gasteiger partial charge < -0.3 is 20.2 Å². The van der Waals surface area contributed by atoms with Crippen LogP contribution in [0, 0.1) is 12.8 Å². The van der Waals surface area contributed by atoms with E-state index in [0.717, 1.165) is 18.4 Å². The molecule has 1 aromatic heterocycles. The smallest absolute Gasteiger partial charge is 0.329 e. The van der Waals surface area contributed by atoms with Gasteiger partial charge >= 0.3 is 5.97 Å². The number of carbonyl (C=O) groups excluding carboxylic acids is 2. The molecule has 2 aromatic rings. The van der Waals surface area contributed by atoms with Crippen molar-refractivity contribution in [1.29, 1.82) is 0 Å². The zero-order valence-electron chi connectivity index (χ0n) is 16.0. The Morgan fingerprint density at radius 1 is 1.14 bits per heavy atom. The monoisotopic (exact) mass is 384 g/mol. The molecule has 0 atom stereocenters. The van der Waals surface area contributed by atoms with Gasteiger partial charge in [0.25, 0.3) is 11.8 Å². The molecule has 0 saturated heterocycles. The number of anilines is 1. The van der Waals surface area contributed by atoms with E-state index in [1.54, 1.807) is 37.3 Å². The molecule has 3 rings (SSSR count). The maximum atomic E-state index is 12.8. The van der Waals surface area contributed by atoms with E-state index < -0.39 is 23.3 Å². The van der Waals surface area contributed by atoms with Crippen molar-refractivity contribution in [1.82, 2.24) is 5.32 Å². The predicted octanol–water partition coefficient (Wildman–Crippen LogP) is 3.60. The molecular formula is C21H24N2O5. The largest absolute Gasteiger partial charge is 0.480 e. The van der Waals surface area contributed by atoms with E-state index in [4.69, 9.17) is 4.42 Å². The summed E-state index contributed by atoms with van der Waals surface area (Å²) in [5.41, 5.74) is 0.290. The summed E-state index contributed by atoms with van der Waals surface area (Å²) in [6.45, 7) is 3.89. The van der Waals surface area contributed by atoms with Gasteiger partial charge in [-0.15, -0.1) is 0 Å². The van der Waals surface area contributed by atoms with Crippen molar-refractivity contribution in [2.24, 2.45) is 5.92 Å². The number of benzene rings is 1. The minimum atomic E-state index is -1.24. The highest BCUT2D eigenvalue weighted by Crippen LogP contribution is 2.32. The standard InChI is InChI=1S/C21H24N2O5/c1-13-7-9-21(10-8-13,20(26)27)23-18(24)15-6-5-14(2)16(12-15)22-19(25)17-4-3-11-28-17/h3-6,11-13H,7-10H2,1-2H3,(H,22,25)(H,23,24)(H,26,27). The third-order valence-electron chi connectivity index (χ3n) is 5.38. The summed E-state index contributed by atoms with van der Waals surface area (Å²) in [5, 5.41) is 15.2. The Morgan fingerprint density at radius 3 is 2.46 bits per heavy atom. The van der Waals surface area contributed by atoms with E-state index in [1.807, 2.05) is 0 Å². The molecule has 7 nitrogen and oxygen atoms in total. The molecule has 1 aliphatic rings. The molecule has 2 amide bonds. The molecule has 1 aromatic carbocycles.